The lowest BCUT2D eigenvalue weighted by molar-refractivity contribution is 0.595. The quantitative estimate of drug-likeness (QED) is 0.801. The van der Waals surface area contributed by atoms with Crippen LogP contribution >= 0.6 is 0 Å². The Hall–Kier alpha value is -1.54. The Kier molecular flexibility index (Phi) is 3.91. The number of hydrogen-bond donors (Lipinski definition) is 0. The van der Waals surface area contributed by atoms with Crippen LogP contribution in [0.2, 0.25) is 0 Å². The monoisotopic (exact) mass is 238 g/mol. The first-order valence-corrected chi connectivity index (χ1v) is 6.57. The Bertz CT molecular complexity index is 503. The second-order valence-electron chi connectivity index (χ2n) is 3.37. The number of nitrogens with zero attached hydrogens (tertiary/aromatic N) is 2. The van der Waals surface area contributed by atoms with E-state index in [0.717, 1.165) is 5.56 Å². The van der Waals surface area contributed by atoms with Gasteiger partial charge in [-0.1, -0.05) is 18.2 Å². The molecule has 0 saturated heterocycles. The van der Waals surface area contributed by atoms with Crippen molar-refractivity contribution >= 4 is 15.7 Å². The van der Waals surface area contributed by atoms with Crippen molar-refractivity contribution in [3.63, 3.8) is 0 Å². The third kappa shape index (κ3) is 2.52. The zero-order valence-electron chi connectivity index (χ0n) is 9.34. The number of anilines is 1. The molecule has 0 aliphatic rings. The van der Waals surface area contributed by atoms with Gasteiger partial charge in [0.2, 0.25) is 10.0 Å². The lowest BCUT2D eigenvalue weighted by Crippen LogP contribution is -2.32. The Labute approximate surface area is 96.2 Å². The molecule has 0 atom stereocenters. The topological polar surface area (TPSA) is 61.2 Å². The maximum atomic E-state index is 11.8. The van der Waals surface area contributed by atoms with Gasteiger partial charge >= 0.3 is 0 Å². The first kappa shape index (κ1) is 12.5. The van der Waals surface area contributed by atoms with Gasteiger partial charge in [-0.3, -0.25) is 4.31 Å². The molecule has 0 aliphatic heterocycles. The van der Waals surface area contributed by atoms with Crippen molar-refractivity contribution in [1.29, 1.82) is 5.26 Å². The molecule has 4 nitrogen and oxygen atoms in total. The number of para-hydroxylation sites is 1. The van der Waals surface area contributed by atoms with Gasteiger partial charge in [-0.05, 0) is 25.5 Å². The minimum atomic E-state index is -3.53. The first-order chi connectivity index (χ1) is 7.53. The molecule has 0 heterocycles. The molecule has 0 bridgehead atoms. The highest BCUT2D eigenvalue weighted by atomic mass is 32.2. The van der Waals surface area contributed by atoms with Gasteiger partial charge < -0.3 is 0 Å². The predicted octanol–water partition coefficient (Wildman–Crippen LogP) is 1.67. The van der Waals surface area contributed by atoms with Crippen molar-refractivity contribution in [3.05, 3.63) is 29.8 Å². The largest absolute Gasteiger partial charge is 0.269 e. The second-order valence-corrected chi connectivity index (χ2v) is 5.26. The van der Waals surface area contributed by atoms with Crippen LogP contribution in [0.1, 0.15) is 12.5 Å². The fourth-order valence-electron chi connectivity index (χ4n) is 1.52. The van der Waals surface area contributed by atoms with E-state index >= 15 is 0 Å². The number of sulfonamides is 1. The average molecular weight is 238 g/mol. The Morgan fingerprint density at radius 2 is 2.00 bits per heavy atom. The second kappa shape index (κ2) is 4.99. The van der Waals surface area contributed by atoms with E-state index in [-0.39, 0.29) is 0 Å². The lowest BCUT2D eigenvalue weighted by Gasteiger charge is -2.23. The van der Waals surface area contributed by atoms with Crippen LogP contribution in [0, 0.1) is 18.3 Å². The number of hydrogen-bond acceptors (Lipinski definition) is 3. The third-order valence-electron chi connectivity index (χ3n) is 2.25. The summed E-state index contributed by atoms with van der Waals surface area (Å²) < 4.78 is 24.9. The summed E-state index contributed by atoms with van der Waals surface area (Å²) in [6.07, 6.45) is 0. The fraction of sp³-hybridized carbons (Fsp3) is 0.364. The SMILES string of the molecule is CCN(c1ccccc1C)S(=O)(=O)CC#N. The van der Waals surface area contributed by atoms with Gasteiger partial charge in [0.15, 0.2) is 5.75 Å². The van der Waals surface area contributed by atoms with Crippen LogP contribution in [0.4, 0.5) is 5.69 Å². The summed E-state index contributed by atoms with van der Waals surface area (Å²) in [6, 6.07) is 8.91. The van der Waals surface area contributed by atoms with E-state index < -0.39 is 15.8 Å². The van der Waals surface area contributed by atoms with Crippen LogP contribution in [0.3, 0.4) is 0 Å². The highest BCUT2D eigenvalue weighted by Crippen LogP contribution is 2.22. The molecule has 0 spiro atoms. The summed E-state index contributed by atoms with van der Waals surface area (Å²) in [6.45, 7) is 3.93. The zero-order chi connectivity index (χ0) is 12.2. The van der Waals surface area contributed by atoms with E-state index in [0.29, 0.717) is 12.2 Å². The molecular weight excluding hydrogens is 224 g/mol. The van der Waals surface area contributed by atoms with Crippen LogP contribution in [0.15, 0.2) is 24.3 Å². The normalized spacial score (nSPS) is 10.8. The van der Waals surface area contributed by atoms with E-state index in [1.165, 1.54) is 4.31 Å². The maximum absolute atomic E-state index is 11.8. The Morgan fingerprint density at radius 1 is 1.38 bits per heavy atom. The van der Waals surface area contributed by atoms with Gasteiger partial charge in [-0.15, -0.1) is 0 Å². The van der Waals surface area contributed by atoms with Crippen molar-refractivity contribution in [2.45, 2.75) is 13.8 Å². The highest BCUT2D eigenvalue weighted by Gasteiger charge is 2.21. The van der Waals surface area contributed by atoms with Crippen LogP contribution in [-0.2, 0) is 10.0 Å². The summed E-state index contributed by atoms with van der Waals surface area (Å²) in [5.74, 6) is -0.491. The number of aryl methyl sites for hydroxylation is 1. The molecule has 86 valence electrons. The van der Waals surface area contributed by atoms with E-state index in [4.69, 9.17) is 5.26 Å². The van der Waals surface area contributed by atoms with Crippen molar-refractivity contribution < 1.29 is 8.42 Å². The molecule has 1 rings (SSSR count). The molecule has 0 saturated carbocycles. The lowest BCUT2D eigenvalue weighted by atomic mass is 10.2. The zero-order valence-corrected chi connectivity index (χ0v) is 10.2. The molecule has 0 N–H and O–H groups in total. The summed E-state index contributed by atoms with van der Waals surface area (Å²) >= 11 is 0. The number of nitriles is 1. The minimum absolute atomic E-state index is 0.328. The van der Waals surface area contributed by atoms with Crippen LogP contribution in [-0.4, -0.2) is 20.7 Å². The molecule has 1 aromatic rings. The van der Waals surface area contributed by atoms with Gasteiger partial charge in [0, 0.05) is 6.54 Å². The molecular formula is C11H14N2O2S. The third-order valence-corrected chi connectivity index (χ3v) is 3.87. The predicted molar refractivity (Wildman–Crippen MR) is 63.6 cm³/mol. The van der Waals surface area contributed by atoms with Crippen molar-refractivity contribution in [2.75, 3.05) is 16.6 Å². The first-order valence-electron chi connectivity index (χ1n) is 4.96. The molecule has 16 heavy (non-hydrogen) atoms. The smallest absolute Gasteiger partial charge is 0.248 e. The van der Waals surface area contributed by atoms with E-state index in [2.05, 4.69) is 0 Å². The van der Waals surface area contributed by atoms with Gasteiger partial charge in [0.25, 0.3) is 0 Å². The molecule has 0 aromatic heterocycles. The van der Waals surface area contributed by atoms with Crippen molar-refractivity contribution in [3.8, 4) is 6.07 Å². The van der Waals surface area contributed by atoms with E-state index in [1.807, 2.05) is 19.1 Å². The molecule has 0 aliphatic carbocycles. The summed E-state index contributed by atoms with van der Waals surface area (Å²) in [5.41, 5.74) is 1.52. The van der Waals surface area contributed by atoms with Gasteiger partial charge in [-0.25, -0.2) is 8.42 Å². The molecule has 0 unspecified atom stereocenters. The number of rotatable bonds is 4. The van der Waals surface area contributed by atoms with Crippen molar-refractivity contribution in [2.24, 2.45) is 0 Å². The molecule has 1 aromatic carbocycles. The summed E-state index contributed by atoms with van der Waals surface area (Å²) in [4.78, 5) is 0. The molecule has 5 heteroatoms. The molecule has 0 amide bonds. The van der Waals surface area contributed by atoms with Crippen LogP contribution < -0.4 is 4.31 Å². The van der Waals surface area contributed by atoms with Crippen LogP contribution in [0.25, 0.3) is 0 Å². The Balaban J connectivity index is 3.20. The highest BCUT2D eigenvalue weighted by molar-refractivity contribution is 7.93. The van der Waals surface area contributed by atoms with Crippen molar-refractivity contribution in [1.82, 2.24) is 0 Å². The Morgan fingerprint density at radius 3 is 2.50 bits per heavy atom. The summed E-state index contributed by atoms with van der Waals surface area (Å²) in [7, 11) is -3.53. The van der Waals surface area contributed by atoms with E-state index in [1.54, 1.807) is 25.1 Å². The summed E-state index contributed by atoms with van der Waals surface area (Å²) in [5, 5.41) is 8.51. The average Bonchev–Trinajstić information content (AvgIpc) is 2.21. The van der Waals surface area contributed by atoms with Crippen LogP contribution in [0.5, 0.6) is 0 Å². The van der Waals surface area contributed by atoms with Gasteiger partial charge in [-0.2, -0.15) is 5.26 Å². The van der Waals surface area contributed by atoms with E-state index in [9.17, 15) is 8.42 Å². The number of benzene rings is 1. The minimum Gasteiger partial charge on any atom is -0.269 e. The standard InChI is InChI=1S/C11H14N2O2S/c1-3-13(16(14,15)9-8-12)11-7-5-4-6-10(11)2/h4-7H,3,9H2,1-2H3. The van der Waals surface area contributed by atoms with Gasteiger partial charge in [0.1, 0.15) is 0 Å². The maximum Gasteiger partial charge on any atom is 0.248 e. The fourth-order valence-corrected chi connectivity index (χ4v) is 2.74. The molecule has 0 fully saturated rings. The van der Waals surface area contributed by atoms with Gasteiger partial charge in [0.05, 0.1) is 11.8 Å². The molecule has 0 radical (unpaired) electrons.